The maximum atomic E-state index is 12.6. The molecule has 0 saturated heterocycles. The second-order valence-corrected chi connectivity index (χ2v) is 7.12. The van der Waals surface area contributed by atoms with E-state index in [0.29, 0.717) is 17.4 Å². The van der Waals surface area contributed by atoms with Gasteiger partial charge in [0, 0.05) is 41.1 Å². The molecule has 1 aliphatic rings. The van der Waals surface area contributed by atoms with Gasteiger partial charge in [-0.05, 0) is 43.4 Å². The number of H-pyrrole nitrogens is 1. The van der Waals surface area contributed by atoms with Crippen LogP contribution in [0, 0.1) is 0 Å². The van der Waals surface area contributed by atoms with Crippen molar-refractivity contribution in [3.63, 3.8) is 0 Å². The third-order valence-corrected chi connectivity index (χ3v) is 4.86. The van der Waals surface area contributed by atoms with Crippen LogP contribution in [-0.4, -0.2) is 31.1 Å². The number of fused-ring (bicyclic) bond motifs is 1. The monoisotopic (exact) mass is 362 g/mol. The number of aryl methyl sites for hydroxylation is 1. The van der Waals surface area contributed by atoms with Crippen molar-refractivity contribution in [2.75, 3.05) is 0 Å². The van der Waals surface area contributed by atoms with Gasteiger partial charge in [0.1, 0.15) is 5.69 Å². The van der Waals surface area contributed by atoms with E-state index in [0.717, 1.165) is 41.8 Å². The number of nitrogens with zero attached hydrogens (tertiary/aromatic N) is 4. The number of hydrogen-bond acceptors (Lipinski definition) is 5. The lowest BCUT2D eigenvalue weighted by Gasteiger charge is -2.25. The van der Waals surface area contributed by atoms with Crippen LogP contribution in [0.3, 0.4) is 0 Å². The van der Waals surface area contributed by atoms with Crippen LogP contribution in [0.1, 0.15) is 66.1 Å². The number of carbonyl (C=O) groups is 1. The average molecular weight is 362 g/mol. The van der Waals surface area contributed by atoms with E-state index in [1.807, 2.05) is 24.4 Å². The van der Waals surface area contributed by atoms with Gasteiger partial charge in [-0.1, -0.05) is 13.8 Å². The molecule has 3 aromatic rings. The van der Waals surface area contributed by atoms with Gasteiger partial charge in [-0.3, -0.25) is 14.9 Å². The zero-order valence-corrected chi connectivity index (χ0v) is 15.4. The first kappa shape index (κ1) is 17.3. The van der Waals surface area contributed by atoms with Crippen molar-refractivity contribution in [3.05, 3.63) is 59.4 Å². The highest BCUT2D eigenvalue weighted by Gasteiger charge is 2.25. The highest BCUT2D eigenvalue weighted by atomic mass is 16.2. The van der Waals surface area contributed by atoms with Crippen molar-refractivity contribution < 1.29 is 4.79 Å². The molecule has 7 heteroatoms. The third-order valence-electron chi connectivity index (χ3n) is 4.86. The van der Waals surface area contributed by atoms with Gasteiger partial charge in [-0.25, -0.2) is 9.97 Å². The van der Waals surface area contributed by atoms with Gasteiger partial charge in [-0.15, -0.1) is 0 Å². The molecule has 3 heterocycles. The molecule has 0 spiro atoms. The number of aromatic nitrogens is 5. The third kappa shape index (κ3) is 3.58. The Kier molecular flexibility index (Phi) is 4.66. The topological polar surface area (TPSA) is 96.5 Å². The highest BCUT2D eigenvalue weighted by molar-refractivity contribution is 5.92. The number of amides is 1. The molecule has 1 aliphatic carbocycles. The molecular weight excluding hydrogens is 340 g/mol. The van der Waals surface area contributed by atoms with Crippen LogP contribution < -0.4 is 5.32 Å². The summed E-state index contributed by atoms with van der Waals surface area (Å²) in [5.74, 6) is 0.795. The summed E-state index contributed by atoms with van der Waals surface area (Å²) < 4.78 is 0. The molecule has 1 amide bonds. The van der Waals surface area contributed by atoms with Crippen molar-refractivity contribution in [1.82, 2.24) is 30.5 Å². The van der Waals surface area contributed by atoms with Gasteiger partial charge in [-0.2, -0.15) is 5.10 Å². The maximum Gasteiger partial charge on any atom is 0.272 e. The Morgan fingerprint density at radius 1 is 1.33 bits per heavy atom. The van der Waals surface area contributed by atoms with E-state index < -0.39 is 0 Å². The number of carbonyl (C=O) groups excluding carboxylic acids is 1. The molecule has 1 unspecified atom stereocenters. The summed E-state index contributed by atoms with van der Waals surface area (Å²) in [5.41, 5.74) is 4.24. The average Bonchev–Trinajstić information content (AvgIpc) is 3.19. The standard InChI is InChI=1S/C20H22N6O/c1-12(2)17-9-18(26-25-17)20(27)24-16-7-3-6-15-14(16)11-22-19(23-15)13-5-4-8-21-10-13/h4-5,8-12,16H,3,6-7H2,1-2H3,(H,24,27)(H,25,26). The number of pyridine rings is 1. The largest absolute Gasteiger partial charge is 0.344 e. The van der Waals surface area contributed by atoms with Crippen LogP contribution in [0.25, 0.3) is 11.4 Å². The number of rotatable bonds is 4. The summed E-state index contributed by atoms with van der Waals surface area (Å²) in [5, 5.41) is 10.2. The number of hydrogen-bond donors (Lipinski definition) is 2. The number of aromatic amines is 1. The van der Waals surface area contributed by atoms with E-state index in [9.17, 15) is 4.79 Å². The molecule has 4 rings (SSSR count). The van der Waals surface area contributed by atoms with Crippen molar-refractivity contribution >= 4 is 5.91 Å². The quantitative estimate of drug-likeness (QED) is 0.743. The molecule has 0 radical (unpaired) electrons. The van der Waals surface area contributed by atoms with Crippen LogP contribution in [0.4, 0.5) is 0 Å². The fraction of sp³-hybridized carbons (Fsp3) is 0.350. The number of nitrogens with one attached hydrogen (secondary N) is 2. The molecule has 0 aromatic carbocycles. The summed E-state index contributed by atoms with van der Waals surface area (Å²) in [6.07, 6.45) is 8.05. The smallest absolute Gasteiger partial charge is 0.272 e. The Morgan fingerprint density at radius 2 is 2.22 bits per heavy atom. The van der Waals surface area contributed by atoms with E-state index >= 15 is 0 Å². The predicted octanol–water partition coefficient (Wildman–Crippen LogP) is 3.19. The lowest BCUT2D eigenvalue weighted by Crippen LogP contribution is -2.31. The van der Waals surface area contributed by atoms with E-state index in [-0.39, 0.29) is 11.9 Å². The Bertz CT molecular complexity index is 950. The molecule has 2 N–H and O–H groups in total. The van der Waals surface area contributed by atoms with Gasteiger partial charge in [0.05, 0.1) is 6.04 Å². The first-order valence-corrected chi connectivity index (χ1v) is 9.24. The van der Waals surface area contributed by atoms with Crippen LogP contribution >= 0.6 is 0 Å². The minimum Gasteiger partial charge on any atom is -0.344 e. The molecule has 3 aromatic heterocycles. The molecule has 138 valence electrons. The van der Waals surface area contributed by atoms with Crippen LogP contribution in [0.5, 0.6) is 0 Å². The van der Waals surface area contributed by atoms with E-state index in [1.165, 1.54) is 0 Å². The molecule has 27 heavy (non-hydrogen) atoms. The van der Waals surface area contributed by atoms with Crippen LogP contribution in [0.2, 0.25) is 0 Å². The fourth-order valence-electron chi connectivity index (χ4n) is 3.31. The fourth-order valence-corrected chi connectivity index (χ4v) is 3.31. The lowest BCUT2D eigenvalue weighted by atomic mass is 9.92. The summed E-state index contributed by atoms with van der Waals surface area (Å²) in [6.45, 7) is 4.12. The van der Waals surface area contributed by atoms with Gasteiger partial charge in [0.2, 0.25) is 0 Å². The zero-order valence-electron chi connectivity index (χ0n) is 15.4. The van der Waals surface area contributed by atoms with Crippen LogP contribution in [0.15, 0.2) is 36.8 Å². The molecule has 0 aliphatic heterocycles. The molecule has 0 saturated carbocycles. The van der Waals surface area contributed by atoms with E-state index in [1.54, 1.807) is 12.4 Å². The first-order chi connectivity index (χ1) is 13.1. The minimum absolute atomic E-state index is 0.0941. The molecule has 0 fully saturated rings. The Hall–Kier alpha value is -3.09. The second kappa shape index (κ2) is 7.26. The van der Waals surface area contributed by atoms with E-state index in [2.05, 4.69) is 39.3 Å². The minimum atomic E-state index is -0.174. The Morgan fingerprint density at radius 3 is 2.96 bits per heavy atom. The van der Waals surface area contributed by atoms with Gasteiger partial charge in [0.25, 0.3) is 5.91 Å². The second-order valence-electron chi connectivity index (χ2n) is 7.12. The summed E-state index contributed by atoms with van der Waals surface area (Å²) in [4.78, 5) is 25.9. The zero-order chi connectivity index (χ0) is 18.8. The van der Waals surface area contributed by atoms with Gasteiger partial charge in [0.15, 0.2) is 5.82 Å². The van der Waals surface area contributed by atoms with Crippen molar-refractivity contribution in [2.45, 2.75) is 45.1 Å². The molecule has 0 bridgehead atoms. The molecule has 1 atom stereocenters. The van der Waals surface area contributed by atoms with Gasteiger partial charge >= 0.3 is 0 Å². The van der Waals surface area contributed by atoms with Crippen LogP contribution in [-0.2, 0) is 6.42 Å². The highest BCUT2D eigenvalue weighted by Crippen LogP contribution is 2.29. The Labute approximate surface area is 157 Å². The van der Waals surface area contributed by atoms with E-state index in [4.69, 9.17) is 4.98 Å². The first-order valence-electron chi connectivity index (χ1n) is 9.24. The molecular formula is C20H22N6O. The predicted molar refractivity (Wildman–Crippen MR) is 101 cm³/mol. The van der Waals surface area contributed by atoms with Crippen molar-refractivity contribution in [3.8, 4) is 11.4 Å². The van der Waals surface area contributed by atoms with Crippen molar-refractivity contribution in [1.29, 1.82) is 0 Å². The van der Waals surface area contributed by atoms with Gasteiger partial charge < -0.3 is 5.32 Å². The summed E-state index contributed by atoms with van der Waals surface area (Å²) >= 11 is 0. The summed E-state index contributed by atoms with van der Waals surface area (Å²) in [7, 11) is 0. The normalized spacial score (nSPS) is 16.2. The lowest BCUT2D eigenvalue weighted by molar-refractivity contribution is 0.0927. The van der Waals surface area contributed by atoms with Crippen molar-refractivity contribution in [2.24, 2.45) is 0 Å². The molecule has 7 nitrogen and oxygen atoms in total. The summed E-state index contributed by atoms with van der Waals surface area (Å²) in [6, 6.07) is 5.53. The Balaban J connectivity index is 1.55. The maximum absolute atomic E-state index is 12.6. The SMILES string of the molecule is CC(C)c1cc(C(=O)NC2CCCc3nc(-c4cccnc4)ncc32)n[nH]1.